The van der Waals surface area contributed by atoms with E-state index in [1.54, 1.807) is 12.1 Å². The van der Waals surface area contributed by atoms with E-state index >= 15 is 0 Å². The standard InChI is InChI=1S/C15H13F2NO2/c1-20-15(19)11-4-7-13(17)14(8-11)18-9-10-2-5-12(16)6-3-10/h2-8,18H,9H2,1H3. The van der Waals surface area contributed by atoms with Crippen molar-refractivity contribution in [1.29, 1.82) is 0 Å². The molecule has 0 aliphatic carbocycles. The molecule has 0 aliphatic heterocycles. The highest BCUT2D eigenvalue weighted by Crippen LogP contribution is 2.18. The van der Waals surface area contributed by atoms with Crippen molar-refractivity contribution < 1.29 is 18.3 Å². The van der Waals surface area contributed by atoms with Crippen molar-refractivity contribution in [2.24, 2.45) is 0 Å². The molecule has 1 N–H and O–H groups in total. The van der Waals surface area contributed by atoms with Crippen molar-refractivity contribution in [3.05, 3.63) is 65.2 Å². The van der Waals surface area contributed by atoms with Gasteiger partial charge in [0.1, 0.15) is 11.6 Å². The molecule has 5 heteroatoms. The molecule has 0 atom stereocenters. The summed E-state index contributed by atoms with van der Waals surface area (Å²) in [5.74, 6) is -1.33. The van der Waals surface area contributed by atoms with Crippen molar-refractivity contribution >= 4 is 11.7 Å². The SMILES string of the molecule is COC(=O)c1ccc(F)c(NCc2ccc(F)cc2)c1. The van der Waals surface area contributed by atoms with Crippen LogP contribution in [0.1, 0.15) is 15.9 Å². The molecule has 0 aliphatic rings. The quantitative estimate of drug-likeness (QED) is 0.871. The van der Waals surface area contributed by atoms with Crippen LogP contribution in [0.25, 0.3) is 0 Å². The summed E-state index contributed by atoms with van der Waals surface area (Å²) in [7, 11) is 1.26. The van der Waals surface area contributed by atoms with Gasteiger partial charge in [-0.05, 0) is 35.9 Å². The van der Waals surface area contributed by atoms with E-state index in [1.165, 1.54) is 37.4 Å². The number of halogens is 2. The van der Waals surface area contributed by atoms with E-state index in [0.29, 0.717) is 6.54 Å². The smallest absolute Gasteiger partial charge is 0.337 e. The third kappa shape index (κ3) is 3.32. The first-order valence-electron chi connectivity index (χ1n) is 5.96. The summed E-state index contributed by atoms with van der Waals surface area (Å²) in [6.45, 7) is 0.321. The maximum Gasteiger partial charge on any atom is 0.337 e. The van der Waals surface area contributed by atoms with Crippen LogP contribution in [0.5, 0.6) is 0 Å². The number of rotatable bonds is 4. The van der Waals surface area contributed by atoms with Crippen molar-refractivity contribution in [3.63, 3.8) is 0 Å². The molecule has 2 aromatic rings. The molecule has 0 amide bonds. The highest BCUT2D eigenvalue weighted by atomic mass is 19.1. The number of hydrogen-bond donors (Lipinski definition) is 1. The van der Waals surface area contributed by atoms with Crippen molar-refractivity contribution in [1.82, 2.24) is 0 Å². The van der Waals surface area contributed by atoms with Crippen LogP contribution < -0.4 is 5.32 Å². The minimum Gasteiger partial charge on any atom is -0.465 e. The minimum absolute atomic E-state index is 0.192. The number of ether oxygens (including phenoxy) is 1. The van der Waals surface area contributed by atoms with Gasteiger partial charge in [-0.3, -0.25) is 0 Å². The van der Waals surface area contributed by atoms with Gasteiger partial charge in [0.05, 0.1) is 18.4 Å². The van der Waals surface area contributed by atoms with E-state index < -0.39 is 11.8 Å². The number of carbonyl (C=O) groups is 1. The third-order valence-corrected chi connectivity index (χ3v) is 2.78. The van der Waals surface area contributed by atoms with Crippen LogP contribution in [0.15, 0.2) is 42.5 Å². The van der Waals surface area contributed by atoms with E-state index in [4.69, 9.17) is 0 Å². The maximum absolute atomic E-state index is 13.6. The highest BCUT2D eigenvalue weighted by Gasteiger charge is 2.09. The van der Waals surface area contributed by atoms with E-state index in [9.17, 15) is 13.6 Å². The lowest BCUT2D eigenvalue weighted by Gasteiger charge is -2.09. The van der Waals surface area contributed by atoms with Crippen LogP contribution in [-0.2, 0) is 11.3 Å². The molecule has 2 rings (SSSR count). The van der Waals surface area contributed by atoms with Gasteiger partial charge >= 0.3 is 5.97 Å². The van der Waals surface area contributed by atoms with Gasteiger partial charge in [-0.25, -0.2) is 13.6 Å². The molecule has 0 spiro atoms. The number of carbonyl (C=O) groups excluding carboxylic acids is 1. The fourth-order valence-corrected chi connectivity index (χ4v) is 1.71. The Kier molecular flexibility index (Phi) is 4.30. The number of methoxy groups -OCH3 is 1. The van der Waals surface area contributed by atoms with E-state index in [0.717, 1.165) is 5.56 Å². The zero-order valence-electron chi connectivity index (χ0n) is 10.8. The minimum atomic E-state index is -0.533. The summed E-state index contributed by atoms with van der Waals surface area (Å²) in [4.78, 5) is 11.4. The third-order valence-electron chi connectivity index (χ3n) is 2.78. The molecule has 3 nitrogen and oxygen atoms in total. The van der Waals surface area contributed by atoms with Crippen LogP contribution in [-0.4, -0.2) is 13.1 Å². The Morgan fingerprint density at radius 2 is 1.85 bits per heavy atom. The summed E-state index contributed by atoms with van der Waals surface area (Å²) in [6.07, 6.45) is 0. The molecule has 0 radical (unpaired) electrons. The van der Waals surface area contributed by atoms with Gasteiger partial charge in [0.15, 0.2) is 0 Å². The van der Waals surface area contributed by atoms with Crippen LogP contribution in [0.2, 0.25) is 0 Å². The zero-order chi connectivity index (χ0) is 14.5. The average Bonchev–Trinajstić information content (AvgIpc) is 2.47. The largest absolute Gasteiger partial charge is 0.465 e. The van der Waals surface area contributed by atoms with E-state index in [1.807, 2.05) is 0 Å². The zero-order valence-corrected chi connectivity index (χ0v) is 10.8. The van der Waals surface area contributed by atoms with Crippen LogP contribution in [0.3, 0.4) is 0 Å². The Bertz CT molecular complexity index is 612. The lowest BCUT2D eigenvalue weighted by atomic mass is 10.1. The van der Waals surface area contributed by atoms with Crippen molar-refractivity contribution in [3.8, 4) is 0 Å². The predicted molar refractivity (Wildman–Crippen MR) is 71.5 cm³/mol. The molecule has 0 bridgehead atoms. The molecule has 0 unspecified atom stereocenters. The van der Waals surface area contributed by atoms with Gasteiger partial charge in [-0.15, -0.1) is 0 Å². The fourth-order valence-electron chi connectivity index (χ4n) is 1.71. The first kappa shape index (κ1) is 14.0. The Labute approximate surface area is 115 Å². The molecule has 0 fully saturated rings. The Morgan fingerprint density at radius 3 is 2.50 bits per heavy atom. The Balaban J connectivity index is 2.12. The van der Waals surface area contributed by atoms with Gasteiger partial charge in [0, 0.05) is 6.54 Å². The van der Waals surface area contributed by atoms with Gasteiger partial charge in [0.2, 0.25) is 0 Å². The molecule has 0 aromatic heterocycles. The van der Waals surface area contributed by atoms with Crippen LogP contribution in [0, 0.1) is 11.6 Å². The van der Waals surface area contributed by atoms with Crippen LogP contribution >= 0.6 is 0 Å². The molecule has 20 heavy (non-hydrogen) atoms. The van der Waals surface area contributed by atoms with E-state index in [2.05, 4.69) is 10.1 Å². The monoisotopic (exact) mass is 277 g/mol. The number of anilines is 1. The summed E-state index contributed by atoms with van der Waals surface area (Å²) in [5, 5.41) is 2.86. The summed E-state index contributed by atoms with van der Waals surface area (Å²) >= 11 is 0. The van der Waals surface area contributed by atoms with Gasteiger partial charge in [0.25, 0.3) is 0 Å². The second kappa shape index (κ2) is 6.14. The number of hydrogen-bond acceptors (Lipinski definition) is 3. The van der Waals surface area contributed by atoms with Crippen molar-refractivity contribution in [2.45, 2.75) is 6.54 Å². The maximum atomic E-state index is 13.6. The Hall–Kier alpha value is -2.43. The van der Waals surface area contributed by atoms with Gasteiger partial charge < -0.3 is 10.1 Å². The summed E-state index contributed by atoms with van der Waals surface area (Å²) in [5.41, 5.74) is 1.25. The van der Waals surface area contributed by atoms with Crippen LogP contribution in [0.4, 0.5) is 14.5 Å². The molecule has 104 valence electrons. The second-order valence-corrected chi connectivity index (χ2v) is 4.17. The average molecular weight is 277 g/mol. The lowest BCUT2D eigenvalue weighted by molar-refractivity contribution is 0.0600. The summed E-state index contributed by atoms with van der Waals surface area (Å²) < 4.78 is 31.0. The molecule has 2 aromatic carbocycles. The molecule has 0 heterocycles. The molecule has 0 saturated carbocycles. The second-order valence-electron chi connectivity index (χ2n) is 4.17. The normalized spacial score (nSPS) is 10.2. The topological polar surface area (TPSA) is 38.3 Å². The number of nitrogens with one attached hydrogen (secondary N) is 1. The molecular formula is C15H13F2NO2. The summed E-state index contributed by atoms with van der Waals surface area (Å²) in [6, 6.07) is 9.79. The Morgan fingerprint density at radius 1 is 1.15 bits per heavy atom. The number of benzene rings is 2. The predicted octanol–water partition coefficient (Wildman–Crippen LogP) is 3.36. The van der Waals surface area contributed by atoms with Crippen molar-refractivity contribution in [2.75, 3.05) is 12.4 Å². The van der Waals surface area contributed by atoms with E-state index in [-0.39, 0.29) is 17.1 Å². The molecule has 0 saturated heterocycles. The first-order valence-corrected chi connectivity index (χ1v) is 5.96. The fraction of sp³-hybridized carbons (Fsp3) is 0.133. The molecular weight excluding hydrogens is 264 g/mol. The van der Waals surface area contributed by atoms with Gasteiger partial charge in [-0.1, -0.05) is 12.1 Å². The highest BCUT2D eigenvalue weighted by molar-refractivity contribution is 5.90. The van der Waals surface area contributed by atoms with Gasteiger partial charge in [-0.2, -0.15) is 0 Å². The number of esters is 1. The first-order chi connectivity index (χ1) is 9.60. The lowest BCUT2D eigenvalue weighted by Crippen LogP contribution is -2.05.